The number of hydrogen-bond donors (Lipinski definition) is 4. The van der Waals surface area contributed by atoms with Gasteiger partial charge in [0, 0.05) is 18.3 Å². The zero-order valence-electron chi connectivity index (χ0n) is 16.6. The van der Waals surface area contributed by atoms with Gasteiger partial charge in [-0.05, 0) is 32.6 Å². The molecule has 0 aliphatic heterocycles. The Morgan fingerprint density at radius 2 is 2.03 bits per heavy atom. The molecule has 4 rings (SSSR count). The minimum Gasteiger partial charge on any atom is -0.390 e. The quantitative estimate of drug-likeness (QED) is 0.359. The third-order valence-corrected chi connectivity index (χ3v) is 6.36. The third kappa shape index (κ3) is 4.03. The first kappa shape index (κ1) is 20.3. The molecule has 0 aromatic carbocycles. The molecule has 4 atom stereocenters. The van der Waals surface area contributed by atoms with Gasteiger partial charge < -0.3 is 20.8 Å². The normalized spacial score (nSPS) is 26.8. The molecule has 2 aromatic rings. The van der Waals surface area contributed by atoms with Crippen LogP contribution in [0.3, 0.4) is 0 Å². The van der Waals surface area contributed by atoms with Crippen LogP contribution in [0.15, 0.2) is 5.16 Å². The van der Waals surface area contributed by atoms with Gasteiger partial charge in [-0.1, -0.05) is 23.9 Å². The predicted octanol–water partition coefficient (Wildman–Crippen LogP) is 0.717. The van der Waals surface area contributed by atoms with Crippen molar-refractivity contribution in [1.29, 1.82) is 0 Å². The second kappa shape index (κ2) is 8.41. The van der Waals surface area contributed by atoms with Gasteiger partial charge in [0.15, 0.2) is 22.1 Å². The fourth-order valence-electron chi connectivity index (χ4n) is 3.63. The van der Waals surface area contributed by atoms with Crippen LogP contribution in [-0.4, -0.2) is 71.6 Å². The van der Waals surface area contributed by atoms with Gasteiger partial charge in [0.25, 0.3) is 0 Å². The Hall–Kier alpha value is -1.98. The van der Waals surface area contributed by atoms with Crippen LogP contribution in [-0.2, 0) is 4.79 Å². The van der Waals surface area contributed by atoms with Crippen LogP contribution in [0.25, 0.3) is 11.2 Å². The number of aliphatic hydroxyl groups excluding tert-OH is 2. The third-order valence-electron chi connectivity index (χ3n) is 5.31. The Morgan fingerprint density at radius 1 is 1.24 bits per heavy atom. The van der Waals surface area contributed by atoms with Crippen molar-refractivity contribution >= 4 is 34.7 Å². The average molecular weight is 422 g/mol. The summed E-state index contributed by atoms with van der Waals surface area (Å²) in [6, 6.07) is -0.196. The number of carbonyl (C=O) groups excluding carboxylic acids is 1. The number of carbonyl (C=O) groups is 1. The molecule has 0 bridgehead atoms. The topological polar surface area (TPSA) is 138 Å². The molecule has 0 radical (unpaired) electrons. The van der Waals surface area contributed by atoms with Crippen molar-refractivity contribution in [3.63, 3.8) is 0 Å². The van der Waals surface area contributed by atoms with Gasteiger partial charge in [-0.2, -0.15) is 0 Å². The lowest BCUT2D eigenvalue weighted by Crippen LogP contribution is -2.38. The van der Waals surface area contributed by atoms with Gasteiger partial charge in [-0.3, -0.25) is 4.79 Å². The Labute approximate surface area is 172 Å². The molecule has 2 aliphatic rings. The highest BCUT2D eigenvalue weighted by Gasteiger charge is 2.47. The minimum atomic E-state index is -1.16. The summed E-state index contributed by atoms with van der Waals surface area (Å²) >= 11 is 1.56. The summed E-state index contributed by atoms with van der Waals surface area (Å²) in [6.45, 7) is 4.38. The zero-order chi connectivity index (χ0) is 20.5. The van der Waals surface area contributed by atoms with E-state index in [-0.39, 0.29) is 12.3 Å². The van der Waals surface area contributed by atoms with Crippen LogP contribution in [0.4, 0.5) is 5.82 Å². The van der Waals surface area contributed by atoms with Crippen LogP contribution in [0, 0.1) is 5.92 Å². The van der Waals surface area contributed by atoms with Crippen molar-refractivity contribution in [2.24, 2.45) is 5.92 Å². The van der Waals surface area contributed by atoms with Crippen molar-refractivity contribution in [1.82, 2.24) is 30.3 Å². The van der Waals surface area contributed by atoms with E-state index >= 15 is 0 Å². The van der Waals surface area contributed by atoms with E-state index in [9.17, 15) is 15.0 Å². The highest BCUT2D eigenvalue weighted by Crippen LogP contribution is 2.37. The fourth-order valence-corrected chi connectivity index (χ4v) is 4.32. The van der Waals surface area contributed by atoms with E-state index in [1.807, 2.05) is 6.92 Å². The van der Waals surface area contributed by atoms with E-state index in [4.69, 9.17) is 0 Å². The molecule has 0 spiro atoms. The van der Waals surface area contributed by atoms with Gasteiger partial charge in [0.05, 0.1) is 18.1 Å². The second-order valence-corrected chi connectivity index (χ2v) is 8.68. The molecule has 0 saturated heterocycles. The standard InChI is InChI=1S/C18H27N7O3S/c1-3-7-29-18-21-15(20-9-5-6-9)12-16(22-18)25(24-23-12)11-8-10(13(26)14(11)27)17(28)19-4-2/h9-11,13-14,26-27H,3-8H2,1-2H3,(H,19,28)(H,20,21,22)/t10-,11?,13?,14?/m0/s1. The summed E-state index contributed by atoms with van der Waals surface area (Å²) in [4.78, 5) is 21.5. The first-order chi connectivity index (χ1) is 14.0. The molecular weight excluding hydrogens is 394 g/mol. The van der Waals surface area contributed by atoms with Crippen LogP contribution in [0.5, 0.6) is 0 Å². The van der Waals surface area contributed by atoms with E-state index in [2.05, 4.69) is 37.8 Å². The molecule has 2 heterocycles. The summed E-state index contributed by atoms with van der Waals surface area (Å²) in [6.07, 6.45) is 1.16. The van der Waals surface area contributed by atoms with Crippen LogP contribution < -0.4 is 10.6 Å². The summed E-state index contributed by atoms with van der Waals surface area (Å²) in [5, 5.41) is 36.3. The molecule has 3 unspecified atom stereocenters. The highest BCUT2D eigenvalue weighted by atomic mass is 32.2. The van der Waals surface area contributed by atoms with Crippen molar-refractivity contribution in [3.05, 3.63) is 0 Å². The van der Waals surface area contributed by atoms with Gasteiger partial charge in [0.1, 0.15) is 6.10 Å². The van der Waals surface area contributed by atoms with E-state index in [1.54, 1.807) is 11.8 Å². The maximum Gasteiger partial charge on any atom is 0.225 e. The molecule has 1 amide bonds. The second-order valence-electron chi connectivity index (χ2n) is 7.61. The number of aliphatic hydroxyl groups is 2. The zero-order valence-corrected chi connectivity index (χ0v) is 17.4. The lowest BCUT2D eigenvalue weighted by Gasteiger charge is -2.17. The summed E-state index contributed by atoms with van der Waals surface area (Å²) in [5.74, 6) is 0.570. The number of fused-ring (bicyclic) bond motifs is 1. The number of nitrogens with zero attached hydrogens (tertiary/aromatic N) is 5. The molecule has 2 saturated carbocycles. The summed E-state index contributed by atoms with van der Waals surface area (Å²) in [7, 11) is 0. The molecule has 29 heavy (non-hydrogen) atoms. The number of aromatic nitrogens is 5. The van der Waals surface area contributed by atoms with E-state index < -0.39 is 24.2 Å². The van der Waals surface area contributed by atoms with Crippen molar-refractivity contribution in [2.45, 2.75) is 69.0 Å². The molecular formula is C18H27N7O3S. The Morgan fingerprint density at radius 3 is 2.72 bits per heavy atom. The van der Waals surface area contributed by atoms with Crippen LogP contribution in [0.2, 0.25) is 0 Å². The molecule has 11 heteroatoms. The Bertz CT molecular complexity index is 888. The highest BCUT2D eigenvalue weighted by molar-refractivity contribution is 7.99. The molecule has 2 fully saturated rings. The molecule has 2 aromatic heterocycles. The van der Waals surface area contributed by atoms with Crippen LogP contribution >= 0.6 is 11.8 Å². The monoisotopic (exact) mass is 421 g/mol. The van der Waals surface area contributed by atoms with Gasteiger partial charge in [-0.25, -0.2) is 14.6 Å². The number of hydrogen-bond acceptors (Lipinski definition) is 9. The summed E-state index contributed by atoms with van der Waals surface area (Å²) in [5.41, 5.74) is 1.05. The van der Waals surface area contributed by atoms with Gasteiger partial charge >= 0.3 is 0 Å². The predicted molar refractivity (Wildman–Crippen MR) is 109 cm³/mol. The first-order valence-electron chi connectivity index (χ1n) is 10.2. The van der Waals surface area contributed by atoms with Gasteiger partial charge in [-0.15, -0.1) is 5.10 Å². The number of anilines is 1. The largest absolute Gasteiger partial charge is 0.390 e. The van der Waals surface area contributed by atoms with E-state index in [0.717, 1.165) is 25.0 Å². The maximum absolute atomic E-state index is 12.3. The Kier molecular flexibility index (Phi) is 5.88. The number of amides is 1. The maximum atomic E-state index is 12.3. The lowest BCUT2D eigenvalue weighted by atomic mass is 10.0. The summed E-state index contributed by atoms with van der Waals surface area (Å²) < 4.78 is 1.54. The van der Waals surface area contributed by atoms with Crippen LogP contribution in [0.1, 0.15) is 45.6 Å². The minimum absolute atomic E-state index is 0.263. The molecule has 158 valence electrons. The van der Waals surface area contributed by atoms with Crippen molar-refractivity contribution in [2.75, 3.05) is 17.6 Å². The van der Waals surface area contributed by atoms with E-state index in [1.165, 1.54) is 4.68 Å². The van der Waals surface area contributed by atoms with Crippen molar-refractivity contribution in [3.8, 4) is 0 Å². The smallest absolute Gasteiger partial charge is 0.225 e. The SMILES string of the molecule is CCCSc1nc(NC2CC2)c2nnn(C3C[C@H](C(=O)NCC)C(O)C3O)c2n1. The van der Waals surface area contributed by atoms with E-state index in [0.29, 0.717) is 34.7 Å². The Balaban J connectivity index is 1.68. The van der Waals surface area contributed by atoms with Gasteiger partial charge in [0.2, 0.25) is 5.91 Å². The lowest BCUT2D eigenvalue weighted by molar-refractivity contribution is -0.128. The molecule has 2 aliphatic carbocycles. The first-order valence-corrected chi connectivity index (χ1v) is 11.2. The number of nitrogens with one attached hydrogen (secondary N) is 2. The average Bonchev–Trinajstić information content (AvgIpc) is 3.35. The number of rotatable bonds is 8. The molecule has 4 N–H and O–H groups in total. The number of thioether (sulfide) groups is 1. The fraction of sp³-hybridized carbons (Fsp3) is 0.722. The molecule has 10 nitrogen and oxygen atoms in total. The van der Waals surface area contributed by atoms with Crippen molar-refractivity contribution < 1.29 is 15.0 Å².